The van der Waals surface area contributed by atoms with Gasteiger partial charge in [-0.15, -0.1) is 0 Å². The Labute approximate surface area is 134 Å². The van der Waals surface area contributed by atoms with E-state index >= 15 is 0 Å². The molecule has 1 aliphatic rings. The van der Waals surface area contributed by atoms with Crippen molar-refractivity contribution in [3.63, 3.8) is 0 Å². The topological polar surface area (TPSA) is 47.7 Å². The summed E-state index contributed by atoms with van der Waals surface area (Å²) in [6.07, 6.45) is 2.92. The molecule has 0 saturated carbocycles. The molecule has 3 heterocycles. The number of benzene rings is 1. The van der Waals surface area contributed by atoms with Crippen LogP contribution in [-0.2, 0) is 19.5 Å². The van der Waals surface area contributed by atoms with Gasteiger partial charge in [-0.1, -0.05) is 18.2 Å². The van der Waals surface area contributed by atoms with Gasteiger partial charge in [0, 0.05) is 60.1 Å². The highest BCUT2D eigenvalue weighted by atomic mass is 32.1. The summed E-state index contributed by atoms with van der Waals surface area (Å²) in [5.41, 5.74) is 6.39. The molecule has 0 bridgehead atoms. The van der Waals surface area contributed by atoms with Crippen LogP contribution in [0.4, 0.5) is 0 Å². The van der Waals surface area contributed by atoms with Crippen molar-refractivity contribution in [1.29, 1.82) is 0 Å². The number of nitrogens with zero attached hydrogens (tertiary/aromatic N) is 2. The van der Waals surface area contributed by atoms with Gasteiger partial charge in [-0.25, -0.2) is 4.98 Å². The predicted molar refractivity (Wildman–Crippen MR) is 90.3 cm³/mol. The molecule has 1 aromatic carbocycles. The molecular formula is C17H18N4S. The highest BCUT2D eigenvalue weighted by Gasteiger charge is 2.19. The molecule has 0 aliphatic carbocycles. The lowest BCUT2D eigenvalue weighted by atomic mass is 10.1. The zero-order chi connectivity index (χ0) is 15.1. The van der Waals surface area contributed by atoms with Gasteiger partial charge in [0.15, 0.2) is 4.77 Å². The van der Waals surface area contributed by atoms with Crippen LogP contribution in [0, 0.1) is 11.7 Å². The Morgan fingerprint density at radius 2 is 2.14 bits per heavy atom. The number of aromatic nitrogens is 3. The largest absolute Gasteiger partial charge is 0.358 e. The molecule has 0 spiro atoms. The molecular weight excluding hydrogens is 292 g/mol. The third kappa shape index (κ3) is 2.36. The fourth-order valence-corrected chi connectivity index (χ4v) is 3.48. The molecule has 4 nitrogen and oxygen atoms in total. The van der Waals surface area contributed by atoms with E-state index in [1.807, 2.05) is 6.20 Å². The molecule has 0 radical (unpaired) electrons. The fraction of sp³-hybridized carbons (Fsp3) is 0.294. The number of H-pyrrole nitrogens is 2. The Balaban J connectivity index is 1.63. The van der Waals surface area contributed by atoms with Crippen LogP contribution in [0.15, 0.2) is 30.5 Å². The summed E-state index contributed by atoms with van der Waals surface area (Å²) in [5.74, 6) is 0. The maximum Gasteiger partial charge on any atom is 0.196 e. The highest BCUT2D eigenvalue weighted by molar-refractivity contribution is 7.71. The van der Waals surface area contributed by atoms with Crippen LogP contribution in [0.3, 0.4) is 0 Å². The van der Waals surface area contributed by atoms with E-state index < -0.39 is 0 Å². The molecule has 2 N–H and O–H groups in total. The molecule has 0 unspecified atom stereocenters. The number of hydrogen-bond donors (Lipinski definition) is 2. The van der Waals surface area contributed by atoms with Crippen molar-refractivity contribution in [2.45, 2.75) is 26.4 Å². The average molecular weight is 310 g/mol. The first-order valence-corrected chi connectivity index (χ1v) is 7.97. The van der Waals surface area contributed by atoms with Gasteiger partial charge in [-0.05, 0) is 30.8 Å². The monoisotopic (exact) mass is 310 g/mol. The van der Waals surface area contributed by atoms with E-state index in [1.54, 1.807) is 0 Å². The number of rotatable bonds is 2. The number of para-hydroxylation sites is 1. The lowest BCUT2D eigenvalue weighted by Crippen LogP contribution is -2.31. The summed E-state index contributed by atoms with van der Waals surface area (Å²) < 4.78 is 0.583. The van der Waals surface area contributed by atoms with E-state index in [1.165, 1.54) is 33.4 Å². The lowest BCUT2D eigenvalue weighted by molar-refractivity contribution is 0.243. The normalized spacial score (nSPS) is 15.1. The molecule has 0 atom stereocenters. The van der Waals surface area contributed by atoms with E-state index in [0.717, 1.165) is 26.1 Å². The van der Waals surface area contributed by atoms with Crippen LogP contribution in [0.2, 0.25) is 0 Å². The van der Waals surface area contributed by atoms with E-state index in [4.69, 9.17) is 12.2 Å². The van der Waals surface area contributed by atoms with Gasteiger partial charge in [-0.3, -0.25) is 4.90 Å². The Morgan fingerprint density at radius 3 is 3.05 bits per heavy atom. The zero-order valence-electron chi connectivity index (χ0n) is 12.5. The number of hydrogen-bond acceptors (Lipinski definition) is 3. The van der Waals surface area contributed by atoms with E-state index in [-0.39, 0.29) is 0 Å². The summed E-state index contributed by atoms with van der Waals surface area (Å²) in [6.45, 7) is 5.09. The second kappa shape index (κ2) is 5.34. The standard InChI is InChI=1S/C17H18N4S/c1-11-14(13-4-2-3-5-16(13)19-11)10-21-7-6-15-12(9-21)8-18-17(22)20-15/h2-5,8,19H,6-7,9-10H2,1H3,(H,18,20,22). The van der Waals surface area contributed by atoms with Crippen LogP contribution >= 0.6 is 12.2 Å². The highest BCUT2D eigenvalue weighted by Crippen LogP contribution is 2.25. The van der Waals surface area contributed by atoms with Gasteiger partial charge in [0.2, 0.25) is 0 Å². The summed E-state index contributed by atoms with van der Waals surface area (Å²) in [6, 6.07) is 8.52. The molecule has 112 valence electrons. The van der Waals surface area contributed by atoms with E-state index in [2.05, 4.69) is 51.0 Å². The van der Waals surface area contributed by atoms with Gasteiger partial charge in [-0.2, -0.15) is 0 Å². The molecule has 1 aliphatic heterocycles. The summed E-state index contributed by atoms with van der Waals surface area (Å²) >= 11 is 5.11. The van der Waals surface area contributed by atoms with Crippen molar-refractivity contribution in [3.8, 4) is 0 Å². The van der Waals surface area contributed by atoms with E-state index in [9.17, 15) is 0 Å². The first kappa shape index (κ1) is 13.7. The third-order valence-corrected chi connectivity index (χ3v) is 4.67. The van der Waals surface area contributed by atoms with Crippen molar-refractivity contribution in [2.75, 3.05) is 6.54 Å². The Morgan fingerprint density at radius 1 is 1.27 bits per heavy atom. The Hall–Kier alpha value is -1.98. The van der Waals surface area contributed by atoms with E-state index in [0.29, 0.717) is 4.77 Å². The zero-order valence-corrected chi connectivity index (χ0v) is 13.3. The van der Waals surface area contributed by atoms with Crippen LogP contribution in [0.5, 0.6) is 0 Å². The third-order valence-electron chi connectivity index (χ3n) is 4.46. The molecule has 22 heavy (non-hydrogen) atoms. The molecule has 0 fully saturated rings. The first-order chi connectivity index (χ1) is 10.7. The first-order valence-electron chi connectivity index (χ1n) is 7.56. The maximum absolute atomic E-state index is 5.11. The molecule has 3 aromatic rings. The SMILES string of the molecule is Cc1[nH]c2ccccc2c1CN1CCc2[nH]c(=S)ncc2C1. The Bertz CT molecular complexity index is 893. The van der Waals surface area contributed by atoms with Crippen molar-refractivity contribution in [3.05, 3.63) is 57.7 Å². The van der Waals surface area contributed by atoms with Gasteiger partial charge in [0.05, 0.1) is 0 Å². The average Bonchev–Trinajstić information content (AvgIpc) is 2.83. The summed E-state index contributed by atoms with van der Waals surface area (Å²) in [5, 5.41) is 1.33. The number of aryl methyl sites for hydroxylation is 1. The minimum absolute atomic E-state index is 0.583. The van der Waals surface area contributed by atoms with Crippen molar-refractivity contribution >= 4 is 23.1 Å². The Kier molecular flexibility index (Phi) is 3.32. The molecule has 2 aromatic heterocycles. The van der Waals surface area contributed by atoms with Crippen molar-refractivity contribution in [2.24, 2.45) is 0 Å². The number of fused-ring (bicyclic) bond motifs is 2. The molecule has 0 saturated heterocycles. The fourth-order valence-electron chi connectivity index (χ4n) is 3.30. The quantitative estimate of drug-likeness (QED) is 0.712. The molecule has 4 rings (SSSR count). The van der Waals surface area contributed by atoms with Crippen LogP contribution in [-0.4, -0.2) is 26.4 Å². The number of aromatic amines is 2. The van der Waals surface area contributed by atoms with Crippen LogP contribution in [0.25, 0.3) is 10.9 Å². The number of nitrogens with one attached hydrogen (secondary N) is 2. The molecule has 0 amide bonds. The smallest absolute Gasteiger partial charge is 0.196 e. The predicted octanol–water partition coefficient (Wildman–Crippen LogP) is 3.49. The van der Waals surface area contributed by atoms with Gasteiger partial charge in [0.1, 0.15) is 0 Å². The van der Waals surface area contributed by atoms with Gasteiger partial charge < -0.3 is 9.97 Å². The second-order valence-electron chi connectivity index (χ2n) is 5.93. The second-order valence-corrected chi connectivity index (χ2v) is 6.31. The van der Waals surface area contributed by atoms with Crippen LogP contribution < -0.4 is 0 Å². The minimum atomic E-state index is 0.583. The lowest BCUT2D eigenvalue weighted by Gasteiger charge is -2.28. The summed E-state index contributed by atoms with van der Waals surface area (Å²) in [7, 11) is 0. The van der Waals surface area contributed by atoms with Crippen molar-refractivity contribution < 1.29 is 0 Å². The van der Waals surface area contributed by atoms with Gasteiger partial charge >= 0.3 is 0 Å². The molecule has 5 heteroatoms. The van der Waals surface area contributed by atoms with Crippen LogP contribution in [0.1, 0.15) is 22.5 Å². The van der Waals surface area contributed by atoms with Crippen molar-refractivity contribution in [1.82, 2.24) is 19.9 Å². The maximum atomic E-state index is 5.11. The minimum Gasteiger partial charge on any atom is -0.358 e. The van der Waals surface area contributed by atoms with Gasteiger partial charge in [0.25, 0.3) is 0 Å². The summed E-state index contributed by atoms with van der Waals surface area (Å²) in [4.78, 5) is 13.4.